The molecule has 0 bridgehead atoms. The van der Waals surface area contributed by atoms with E-state index in [4.69, 9.17) is 4.74 Å². The Labute approximate surface area is 139 Å². The SMILES string of the molecule is O=C(OCN1C(=O)c2ccccc2C1=O)c1ccc(C(F)(F)F)cc1. The Morgan fingerprint density at radius 1 is 0.920 bits per heavy atom. The fourth-order valence-electron chi connectivity index (χ4n) is 2.36. The van der Waals surface area contributed by atoms with Gasteiger partial charge < -0.3 is 4.74 Å². The maximum absolute atomic E-state index is 12.5. The lowest BCUT2D eigenvalue weighted by Gasteiger charge is -2.14. The van der Waals surface area contributed by atoms with Crippen molar-refractivity contribution in [2.24, 2.45) is 0 Å². The van der Waals surface area contributed by atoms with Gasteiger partial charge in [-0.05, 0) is 36.4 Å². The number of benzene rings is 2. The summed E-state index contributed by atoms with van der Waals surface area (Å²) in [4.78, 5) is 36.9. The first kappa shape index (κ1) is 16.7. The Bertz CT molecular complexity index is 824. The van der Waals surface area contributed by atoms with E-state index < -0.39 is 36.3 Å². The number of imide groups is 1. The van der Waals surface area contributed by atoms with Crippen molar-refractivity contribution in [2.45, 2.75) is 6.18 Å². The molecule has 0 aliphatic carbocycles. The Morgan fingerprint density at radius 3 is 1.92 bits per heavy atom. The van der Waals surface area contributed by atoms with Gasteiger partial charge in [-0.25, -0.2) is 9.69 Å². The van der Waals surface area contributed by atoms with Gasteiger partial charge in [0.2, 0.25) is 0 Å². The summed E-state index contributed by atoms with van der Waals surface area (Å²) < 4.78 is 42.3. The molecule has 0 aromatic heterocycles. The Kier molecular flexibility index (Phi) is 4.03. The van der Waals surface area contributed by atoms with Gasteiger partial charge in [-0.2, -0.15) is 13.2 Å². The summed E-state index contributed by atoms with van der Waals surface area (Å²) in [7, 11) is 0. The van der Waals surface area contributed by atoms with E-state index in [1.165, 1.54) is 12.1 Å². The fourth-order valence-corrected chi connectivity index (χ4v) is 2.36. The van der Waals surface area contributed by atoms with E-state index in [0.717, 1.165) is 29.2 Å². The van der Waals surface area contributed by atoms with Crippen LogP contribution in [0.15, 0.2) is 48.5 Å². The summed E-state index contributed by atoms with van der Waals surface area (Å²) in [6, 6.07) is 9.59. The molecule has 2 aromatic carbocycles. The summed E-state index contributed by atoms with van der Waals surface area (Å²) in [5, 5.41) is 0. The van der Waals surface area contributed by atoms with Crippen molar-refractivity contribution >= 4 is 17.8 Å². The highest BCUT2D eigenvalue weighted by Gasteiger charge is 2.36. The van der Waals surface area contributed by atoms with Crippen molar-refractivity contribution in [1.82, 2.24) is 4.90 Å². The third-order valence-corrected chi connectivity index (χ3v) is 3.65. The van der Waals surface area contributed by atoms with E-state index in [-0.39, 0.29) is 16.7 Å². The van der Waals surface area contributed by atoms with Crippen LogP contribution >= 0.6 is 0 Å². The molecule has 3 rings (SSSR count). The largest absolute Gasteiger partial charge is 0.440 e. The molecule has 8 heteroatoms. The third kappa shape index (κ3) is 3.10. The van der Waals surface area contributed by atoms with Crippen LogP contribution in [0.25, 0.3) is 0 Å². The van der Waals surface area contributed by atoms with Crippen LogP contribution in [0, 0.1) is 0 Å². The number of alkyl halides is 3. The van der Waals surface area contributed by atoms with Gasteiger partial charge in [0.15, 0.2) is 6.73 Å². The van der Waals surface area contributed by atoms with Crippen LogP contribution in [0.4, 0.5) is 13.2 Å². The summed E-state index contributed by atoms with van der Waals surface area (Å²) in [6.45, 7) is -0.619. The van der Waals surface area contributed by atoms with Crippen LogP contribution in [-0.4, -0.2) is 29.4 Å². The standard InChI is InChI=1S/C17H10F3NO4/c18-17(19,20)11-7-5-10(6-8-11)16(24)25-9-21-14(22)12-3-1-2-4-13(12)15(21)23/h1-8H,9H2. The van der Waals surface area contributed by atoms with E-state index in [2.05, 4.69) is 0 Å². The summed E-state index contributed by atoms with van der Waals surface area (Å²) in [6.07, 6.45) is -4.51. The summed E-state index contributed by atoms with van der Waals surface area (Å²) in [5.41, 5.74) is -0.606. The average Bonchev–Trinajstić information content (AvgIpc) is 2.83. The number of rotatable bonds is 3. The number of halogens is 3. The second kappa shape index (κ2) is 6.04. The maximum atomic E-state index is 12.5. The quantitative estimate of drug-likeness (QED) is 0.631. The van der Waals surface area contributed by atoms with Crippen LogP contribution < -0.4 is 0 Å². The van der Waals surface area contributed by atoms with Gasteiger partial charge in [0.25, 0.3) is 11.8 Å². The lowest BCUT2D eigenvalue weighted by atomic mass is 10.1. The molecule has 0 saturated heterocycles. The van der Waals surface area contributed by atoms with Crippen molar-refractivity contribution in [1.29, 1.82) is 0 Å². The first-order chi connectivity index (χ1) is 11.8. The second-order valence-electron chi connectivity index (χ2n) is 5.22. The third-order valence-electron chi connectivity index (χ3n) is 3.65. The zero-order chi connectivity index (χ0) is 18.2. The van der Waals surface area contributed by atoms with Gasteiger partial charge in [0.05, 0.1) is 22.3 Å². The zero-order valence-electron chi connectivity index (χ0n) is 12.5. The first-order valence-electron chi connectivity index (χ1n) is 7.08. The van der Waals surface area contributed by atoms with E-state index in [9.17, 15) is 27.6 Å². The number of nitrogens with zero attached hydrogens (tertiary/aromatic N) is 1. The van der Waals surface area contributed by atoms with Crippen molar-refractivity contribution < 1.29 is 32.3 Å². The van der Waals surface area contributed by atoms with Crippen molar-refractivity contribution in [3.05, 3.63) is 70.8 Å². The maximum Gasteiger partial charge on any atom is 0.416 e. The van der Waals surface area contributed by atoms with Crippen LogP contribution in [0.3, 0.4) is 0 Å². The number of hydrogen-bond acceptors (Lipinski definition) is 4. The first-order valence-corrected chi connectivity index (χ1v) is 7.08. The number of hydrogen-bond donors (Lipinski definition) is 0. The minimum Gasteiger partial charge on any atom is -0.440 e. The molecule has 0 fully saturated rings. The summed E-state index contributed by atoms with van der Waals surface area (Å²) in [5.74, 6) is -2.13. The van der Waals surface area contributed by atoms with Gasteiger partial charge in [0, 0.05) is 0 Å². The molecular weight excluding hydrogens is 339 g/mol. The Morgan fingerprint density at radius 2 is 1.44 bits per heavy atom. The lowest BCUT2D eigenvalue weighted by molar-refractivity contribution is -0.137. The molecule has 0 N–H and O–H groups in total. The molecule has 0 spiro atoms. The molecule has 0 unspecified atom stereocenters. The molecule has 1 heterocycles. The highest BCUT2D eigenvalue weighted by Crippen LogP contribution is 2.29. The number of carbonyl (C=O) groups excluding carboxylic acids is 3. The van der Waals surface area contributed by atoms with Gasteiger partial charge >= 0.3 is 12.1 Å². The summed E-state index contributed by atoms with van der Waals surface area (Å²) >= 11 is 0. The van der Waals surface area contributed by atoms with Crippen LogP contribution in [0.2, 0.25) is 0 Å². The van der Waals surface area contributed by atoms with Gasteiger partial charge in [-0.3, -0.25) is 9.59 Å². The van der Waals surface area contributed by atoms with E-state index in [1.807, 2.05) is 0 Å². The molecule has 1 aliphatic heterocycles. The highest BCUT2D eigenvalue weighted by molar-refractivity contribution is 6.21. The molecule has 0 saturated carbocycles. The molecule has 1 aliphatic rings. The van der Waals surface area contributed by atoms with Crippen molar-refractivity contribution in [2.75, 3.05) is 6.73 Å². The molecule has 2 aromatic rings. The number of amides is 2. The van der Waals surface area contributed by atoms with Crippen LogP contribution in [0.5, 0.6) is 0 Å². The molecule has 0 atom stereocenters. The van der Waals surface area contributed by atoms with E-state index >= 15 is 0 Å². The number of carbonyl (C=O) groups is 3. The molecular formula is C17H10F3NO4. The van der Waals surface area contributed by atoms with Crippen molar-refractivity contribution in [3.63, 3.8) is 0 Å². The number of esters is 1. The highest BCUT2D eigenvalue weighted by atomic mass is 19.4. The molecule has 2 amide bonds. The lowest BCUT2D eigenvalue weighted by Crippen LogP contribution is -2.33. The monoisotopic (exact) mass is 349 g/mol. The van der Waals surface area contributed by atoms with Gasteiger partial charge in [0.1, 0.15) is 0 Å². The topological polar surface area (TPSA) is 63.7 Å². The van der Waals surface area contributed by atoms with E-state index in [1.54, 1.807) is 12.1 Å². The molecule has 128 valence electrons. The Balaban J connectivity index is 1.67. The van der Waals surface area contributed by atoms with Crippen LogP contribution in [-0.2, 0) is 10.9 Å². The minimum atomic E-state index is -4.51. The Hall–Kier alpha value is -3.16. The van der Waals surface area contributed by atoms with Crippen LogP contribution in [0.1, 0.15) is 36.6 Å². The number of ether oxygens (including phenoxy) is 1. The van der Waals surface area contributed by atoms with E-state index in [0.29, 0.717) is 0 Å². The van der Waals surface area contributed by atoms with Gasteiger partial charge in [-0.1, -0.05) is 12.1 Å². The second-order valence-corrected chi connectivity index (χ2v) is 5.22. The van der Waals surface area contributed by atoms with Crippen molar-refractivity contribution in [3.8, 4) is 0 Å². The molecule has 5 nitrogen and oxygen atoms in total. The number of fused-ring (bicyclic) bond motifs is 1. The zero-order valence-corrected chi connectivity index (χ0v) is 12.5. The molecule has 0 radical (unpaired) electrons. The van der Waals surface area contributed by atoms with Gasteiger partial charge in [-0.15, -0.1) is 0 Å². The molecule has 25 heavy (non-hydrogen) atoms. The predicted molar refractivity (Wildman–Crippen MR) is 78.7 cm³/mol. The fraction of sp³-hybridized carbons (Fsp3) is 0.118. The smallest absolute Gasteiger partial charge is 0.416 e. The predicted octanol–water partition coefficient (Wildman–Crippen LogP) is 3.12. The normalized spacial score (nSPS) is 13.8. The minimum absolute atomic E-state index is 0.121. The average molecular weight is 349 g/mol.